The quantitative estimate of drug-likeness (QED) is 0.826. The Labute approximate surface area is 110 Å². The van der Waals surface area contributed by atoms with Crippen molar-refractivity contribution in [1.82, 2.24) is 0 Å². The van der Waals surface area contributed by atoms with Gasteiger partial charge in [-0.25, -0.2) is 4.79 Å². The van der Waals surface area contributed by atoms with Crippen molar-refractivity contribution in [3.63, 3.8) is 0 Å². The van der Waals surface area contributed by atoms with Crippen molar-refractivity contribution in [2.45, 2.75) is 27.2 Å². The largest absolute Gasteiger partial charge is 0.478 e. The first-order valence-electron chi connectivity index (χ1n) is 5.95. The minimum absolute atomic E-state index is 0.169. The Morgan fingerprint density at radius 1 is 1.32 bits per heavy atom. The Kier molecular flexibility index (Phi) is 2.92. The van der Waals surface area contributed by atoms with Crippen molar-refractivity contribution in [1.29, 1.82) is 0 Å². The van der Waals surface area contributed by atoms with E-state index in [0.717, 1.165) is 4.90 Å². The molecule has 1 aromatic rings. The highest BCUT2D eigenvalue weighted by Gasteiger charge is 2.45. The summed E-state index contributed by atoms with van der Waals surface area (Å²) in [6.07, 6.45) is 0.172. The maximum atomic E-state index is 12.2. The predicted molar refractivity (Wildman–Crippen MR) is 69.0 cm³/mol. The molecule has 1 heterocycles. The van der Waals surface area contributed by atoms with Crippen molar-refractivity contribution in [2.75, 3.05) is 4.90 Å². The molecule has 1 N–H and O–H groups in total. The zero-order chi connectivity index (χ0) is 14.4. The zero-order valence-corrected chi connectivity index (χ0v) is 11.1. The highest BCUT2D eigenvalue weighted by Crippen LogP contribution is 2.35. The van der Waals surface area contributed by atoms with E-state index >= 15 is 0 Å². The van der Waals surface area contributed by atoms with Crippen LogP contribution in [-0.2, 0) is 9.59 Å². The van der Waals surface area contributed by atoms with E-state index in [1.165, 1.54) is 12.1 Å². The summed E-state index contributed by atoms with van der Waals surface area (Å²) >= 11 is 0. The maximum Gasteiger partial charge on any atom is 0.335 e. The number of nitrogens with zero attached hydrogens (tertiary/aromatic N) is 1. The molecule has 19 heavy (non-hydrogen) atoms. The van der Waals surface area contributed by atoms with Gasteiger partial charge in [-0.05, 0) is 30.7 Å². The summed E-state index contributed by atoms with van der Waals surface area (Å²) in [5.41, 5.74) is 0.427. The first kappa shape index (κ1) is 13.3. The zero-order valence-electron chi connectivity index (χ0n) is 11.1. The first-order valence-corrected chi connectivity index (χ1v) is 5.95. The summed E-state index contributed by atoms with van der Waals surface area (Å²) < 4.78 is 0. The van der Waals surface area contributed by atoms with Gasteiger partial charge in [-0.15, -0.1) is 0 Å². The third kappa shape index (κ3) is 2.12. The SMILES string of the molecule is Cc1cc(N2C(=O)CC(C)(C)C2=O)ccc1C(=O)O. The van der Waals surface area contributed by atoms with E-state index in [-0.39, 0.29) is 23.8 Å². The van der Waals surface area contributed by atoms with E-state index in [1.807, 2.05) is 0 Å². The number of hydrogen-bond donors (Lipinski definition) is 1. The van der Waals surface area contributed by atoms with Gasteiger partial charge in [0.05, 0.1) is 16.7 Å². The lowest BCUT2D eigenvalue weighted by Crippen LogP contribution is -2.33. The fourth-order valence-corrected chi connectivity index (χ4v) is 2.24. The summed E-state index contributed by atoms with van der Waals surface area (Å²) in [7, 11) is 0. The van der Waals surface area contributed by atoms with Crippen LogP contribution in [0.4, 0.5) is 5.69 Å². The number of rotatable bonds is 2. The van der Waals surface area contributed by atoms with E-state index in [4.69, 9.17) is 5.11 Å². The molecule has 2 amide bonds. The maximum absolute atomic E-state index is 12.2. The molecule has 0 atom stereocenters. The number of imide groups is 1. The molecule has 1 fully saturated rings. The van der Waals surface area contributed by atoms with Crippen LogP contribution in [0.5, 0.6) is 0 Å². The molecular weight excluding hydrogens is 246 g/mol. The fourth-order valence-electron chi connectivity index (χ4n) is 2.24. The third-order valence-electron chi connectivity index (χ3n) is 3.32. The summed E-state index contributed by atoms with van der Waals surface area (Å²) in [6, 6.07) is 4.47. The summed E-state index contributed by atoms with van der Waals surface area (Å²) in [5, 5.41) is 8.96. The molecule has 1 aliphatic rings. The van der Waals surface area contributed by atoms with Gasteiger partial charge < -0.3 is 5.11 Å². The van der Waals surface area contributed by atoms with Crippen LogP contribution in [0.3, 0.4) is 0 Å². The lowest BCUT2D eigenvalue weighted by molar-refractivity contribution is -0.124. The Morgan fingerprint density at radius 3 is 2.37 bits per heavy atom. The van der Waals surface area contributed by atoms with Crippen LogP contribution in [0.25, 0.3) is 0 Å². The van der Waals surface area contributed by atoms with Gasteiger partial charge in [0, 0.05) is 6.42 Å². The molecule has 0 unspecified atom stereocenters. The Balaban J connectivity index is 2.44. The average molecular weight is 261 g/mol. The highest BCUT2D eigenvalue weighted by molar-refractivity contribution is 6.22. The van der Waals surface area contributed by atoms with E-state index in [9.17, 15) is 14.4 Å². The minimum Gasteiger partial charge on any atom is -0.478 e. The van der Waals surface area contributed by atoms with Gasteiger partial charge in [0.15, 0.2) is 0 Å². The monoisotopic (exact) mass is 261 g/mol. The number of hydrogen-bond acceptors (Lipinski definition) is 3. The molecule has 0 aromatic heterocycles. The summed E-state index contributed by atoms with van der Waals surface area (Å²) in [6.45, 7) is 5.10. The molecule has 100 valence electrons. The Hall–Kier alpha value is -2.17. The van der Waals surface area contributed by atoms with Crippen molar-refractivity contribution < 1.29 is 19.5 Å². The number of aromatic carboxylic acids is 1. The van der Waals surface area contributed by atoms with Gasteiger partial charge in [-0.1, -0.05) is 13.8 Å². The second-order valence-corrected chi connectivity index (χ2v) is 5.40. The Bertz CT molecular complexity index is 589. The fraction of sp³-hybridized carbons (Fsp3) is 0.357. The predicted octanol–water partition coefficient (Wildman–Crippen LogP) is 1.98. The minimum atomic E-state index is -1.02. The third-order valence-corrected chi connectivity index (χ3v) is 3.32. The topological polar surface area (TPSA) is 74.7 Å². The lowest BCUT2D eigenvalue weighted by Gasteiger charge is -2.18. The van der Waals surface area contributed by atoms with Gasteiger partial charge >= 0.3 is 5.97 Å². The molecule has 2 rings (SSSR count). The van der Waals surface area contributed by atoms with Crippen molar-refractivity contribution in [2.24, 2.45) is 5.41 Å². The normalized spacial score (nSPS) is 17.9. The first-order chi connectivity index (χ1) is 8.74. The number of aryl methyl sites for hydroxylation is 1. The number of carboxylic acid groups (broad SMARTS) is 1. The van der Waals surface area contributed by atoms with Crippen molar-refractivity contribution >= 4 is 23.5 Å². The van der Waals surface area contributed by atoms with Gasteiger partial charge in [0.25, 0.3) is 0 Å². The highest BCUT2D eigenvalue weighted by atomic mass is 16.4. The molecule has 1 aliphatic heterocycles. The van der Waals surface area contributed by atoms with Crippen molar-refractivity contribution in [3.05, 3.63) is 29.3 Å². The standard InChI is InChI=1S/C14H15NO4/c1-8-6-9(4-5-10(8)12(17)18)15-11(16)7-14(2,3)13(15)19/h4-6H,7H2,1-3H3,(H,17,18). The lowest BCUT2D eigenvalue weighted by atomic mass is 9.92. The number of carbonyl (C=O) groups is 3. The van der Waals surface area contributed by atoms with E-state index < -0.39 is 11.4 Å². The van der Waals surface area contributed by atoms with Gasteiger partial charge in [0.1, 0.15) is 0 Å². The van der Waals surface area contributed by atoms with Crippen LogP contribution in [0.15, 0.2) is 18.2 Å². The van der Waals surface area contributed by atoms with Crippen LogP contribution >= 0.6 is 0 Å². The molecular formula is C14H15NO4. The van der Waals surface area contributed by atoms with Gasteiger partial charge in [0.2, 0.25) is 11.8 Å². The van der Waals surface area contributed by atoms with Crippen LogP contribution in [0.2, 0.25) is 0 Å². The van der Waals surface area contributed by atoms with Crippen LogP contribution < -0.4 is 4.90 Å². The van der Waals surface area contributed by atoms with E-state index in [2.05, 4.69) is 0 Å². The number of anilines is 1. The Morgan fingerprint density at radius 2 is 1.95 bits per heavy atom. The van der Waals surface area contributed by atoms with Gasteiger partial charge in [-0.2, -0.15) is 0 Å². The molecule has 5 heteroatoms. The number of carboxylic acids is 1. The van der Waals surface area contributed by atoms with Gasteiger partial charge in [-0.3, -0.25) is 14.5 Å². The van der Waals surface area contributed by atoms with Crippen LogP contribution in [0.1, 0.15) is 36.2 Å². The molecule has 0 aliphatic carbocycles. The number of benzene rings is 1. The van der Waals surface area contributed by atoms with E-state index in [0.29, 0.717) is 11.3 Å². The molecule has 0 bridgehead atoms. The smallest absolute Gasteiger partial charge is 0.335 e. The summed E-state index contributed by atoms with van der Waals surface area (Å²) in [4.78, 5) is 36.2. The molecule has 0 spiro atoms. The molecule has 1 aromatic carbocycles. The average Bonchev–Trinajstić information content (AvgIpc) is 2.47. The summed E-state index contributed by atoms with van der Waals surface area (Å²) in [5.74, 6) is -1.53. The van der Waals surface area contributed by atoms with Crippen LogP contribution in [-0.4, -0.2) is 22.9 Å². The molecule has 5 nitrogen and oxygen atoms in total. The number of carbonyl (C=O) groups excluding carboxylic acids is 2. The second-order valence-electron chi connectivity index (χ2n) is 5.40. The van der Waals surface area contributed by atoms with Crippen LogP contribution in [0, 0.1) is 12.3 Å². The molecule has 1 saturated heterocycles. The van der Waals surface area contributed by atoms with Crippen molar-refractivity contribution in [3.8, 4) is 0 Å². The molecule has 0 saturated carbocycles. The molecule has 0 radical (unpaired) electrons. The van der Waals surface area contributed by atoms with E-state index in [1.54, 1.807) is 26.8 Å². The number of amides is 2. The second kappa shape index (κ2) is 4.19.